The lowest BCUT2D eigenvalue weighted by atomic mass is 10.1. The van der Waals surface area contributed by atoms with E-state index >= 15 is 0 Å². The fraction of sp³-hybridized carbons (Fsp3) is 0.767. The van der Waals surface area contributed by atoms with Crippen LogP contribution >= 0.6 is 19.4 Å². The maximum absolute atomic E-state index is 12.3. The molecule has 0 bridgehead atoms. The molecule has 1 unspecified atom stereocenters. The Balaban J connectivity index is 1.40. The predicted octanol–water partition coefficient (Wildman–Crippen LogP) is 7.51. The number of hydrogen-bond acceptors (Lipinski definition) is 8. The summed E-state index contributed by atoms with van der Waals surface area (Å²) in [6, 6.07) is 1.30. The van der Waals surface area contributed by atoms with Crippen LogP contribution in [0.15, 0.2) is 12.7 Å². The van der Waals surface area contributed by atoms with E-state index in [4.69, 9.17) is 15.0 Å². The van der Waals surface area contributed by atoms with E-state index in [-0.39, 0.29) is 19.1 Å². The van der Waals surface area contributed by atoms with Crippen LogP contribution in [-0.2, 0) is 20.4 Å². The Morgan fingerprint density at radius 3 is 2.40 bits per heavy atom. The highest BCUT2D eigenvalue weighted by Crippen LogP contribution is 2.42. The molecule has 0 saturated carbocycles. The number of anilines is 1. The summed E-state index contributed by atoms with van der Waals surface area (Å²) in [6.07, 6.45) is 14.5. The molecular weight excluding hydrogens is 585 g/mol. The van der Waals surface area contributed by atoms with Gasteiger partial charge in [0.25, 0.3) is 0 Å². The number of nitrogens with zero attached hydrogens (tertiary/aromatic N) is 4. The van der Waals surface area contributed by atoms with Gasteiger partial charge in [0.1, 0.15) is 26.3 Å². The first-order chi connectivity index (χ1) is 20.0. The normalized spacial score (nSPS) is 14.2. The number of nitrogen functional groups attached to an aromatic ring is 1. The van der Waals surface area contributed by atoms with Crippen LogP contribution in [-0.4, -0.2) is 63.1 Å². The summed E-state index contributed by atoms with van der Waals surface area (Å²) in [4.78, 5) is 22.5. The van der Waals surface area contributed by atoms with E-state index in [1.165, 1.54) is 63.7 Å². The van der Waals surface area contributed by atoms with E-state index in [1.807, 2.05) is 18.7 Å². The molecule has 2 heterocycles. The molecule has 42 heavy (non-hydrogen) atoms. The molecule has 2 aromatic heterocycles. The zero-order valence-corrected chi connectivity index (χ0v) is 29.2. The van der Waals surface area contributed by atoms with Gasteiger partial charge in [-0.2, -0.15) is 11.8 Å². The predicted molar refractivity (Wildman–Crippen MR) is 179 cm³/mol. The number of ether oxygens (including phenoxy) is 1. The number of rotatable bonds is 22. The smallest absolute Gasteiger partial charge is 0.353 e. The van der Waals surface area contributed by atoms with Crippen molar-refractivity contribution in [2.75, 3.05) is 30.2 Å². The van der Waals surface area contributed by atoms with Crippen LogP contribution in [0.3, 0.4) is 0 Å². The molecule has 2 aromatic rings. The summed E-state index contributed by atoms with van der Waals surface area (Å²) in [5.41, 5.74) is 10.6. The molecule has 0 amide bonds. The van der Waals surface area contributed by atoms with Gasteiger partial charge in [0.2, 0.25) is 0 Å². The van der Waals surface area contributed by atoms with Crippen molar-refractivity contribution in [1.82, 2.24) is 19.5 Å². The Labute approximate surface area is 259 Å². The van der Waals surface area contributed by atoms with E-state index in [1.54, 1.807) is 10.9 Å². The Morgan fingerprint density at radius 1 is 1.02 bits per heavy atom. The summed E-state index contributed by atoms with van der Waals surface area (Å²) in [5, 5.41) is 0. The Bertz CT molecular complexity index is 1150. The van der Waals surface area contributed by atoms with Gasteiger partial charge in [0.05, 0.1) is 25.6 Å². The highest BCUT2D eigenvalue weighted by molar-refractivity contribution is 7.99. The number of imidazole rings is 1. The molecule has 2 rings (SSSR count). The minimum Gasteiger partial charge on any atom is -0.382 e. The Morgan fingerprint density at radius 2 is 1.69 bits per heavy atom. The van der Waals surface area contributed by atoms with Gasteiger partial charge < -0.3 is 24.5 Å². The zero-order valence-electron chi connectivity index (χ0n) is 26.5. The third-order valence-corrected chi connectivity index (χ3v) is 11.7. The second kappa shape index (κ2) is 19.8. The minimum absolute atomic E-state index is 0.254. The van der Waals surface area contributed by atoms with Crippen molar-refractivity contribution in [3.63, 3.8) is 0 Å². The van der Waals surface area contributed by atoms with Crippen LogP contribution in [0.4, 0.5) is 5.82 Å². The summed E-state index contributed by atoms with van der Waals surface area (Å²) in [7, 11) is -5.11. The monoisotopic (exact) mass is 639 g/mol. The van der Waals surface area contributed by atoms with Crippen LogP contribution < -0.4 is 5.73 Å². The standard InChI is InChI=1S/C30H54N5O4PSSi/c1-26(2)22-42(4,5)20-15-13-11-9-7-6-8-10-12-14-18-41-19-16-17-39-40(36,37)25-38-27(3)21-35-24-34-28-29(31)32-23-33-30(28)35/h23-24,26-27H,6-14,16-19,21-22,25H2,1-5H3,(H,36,37)(H2,31,32,33)/t27-/m1/s1. The minimum atomic E-state index is -3.80. The van der Waals surface area contributed by atoms with Crippen LogP contribution in [0.5, 0.6) is 0 Å². The number of hydrogen-bond donors (Lipinski definition) is 2. The molecule has 12 heteroatoms. The lowest BCUT2D eigenvalue weighted by Crippen LogP contribution is -2.25. The zero-order chi connectivity index (χ0) is 30.8. The molecule has 0 aliphatic rings. The van der Waals surface area contributed by atoms with Crippen molar-refractivity contribution in [3.8, 4) is 11.5 Å². The van der Waals surface area contributed by atoms with Crippen molar-refractivity contribution >= 4 is 44.4 Å². The topological polar surface area (TPSA) is 125 Å². The highest BCUT2D eigenvalue weighted by Gasteiger charge is 2.22. The molecule has 238 valence electrons. The maximum Gasteiger partial charge on any atom is 0.353 e. The molecule has 9 nitrogen and oxygen atoms in total. The second-order valence-electron chi connectivity index (χ2n) is 12.2. The molecule has 0 aliphatic heterocycles. The molecule has 0 spiro atoms. The first-order valence-electron chi connectivity index (χ1n) is 15.6. The second-order valence-corrected chi connectivity index (χ2v) is 19.7. The SMILES string of the molecule is CC(C)C[Si](C)(C)C#CCCCCCCCCCCSCCCOP(=O)(O)CO[C@H](C)Cn1cnc2c(N)ncnc21. The molecule has 0 saturated heterocycles. The fourth-order valence-corrected chi connectivity index (χ4v) is 9.56. The molecule has 0 fully saturated rings. The van der Waals surface area contributed by atoms with Crippen LogP contribution in [0.1, 0.15) is 85.0 Å². The van der Waals surface area contributed by atoms with Gasteiger partial charge in [-0.1, -0.05) is 65.5 Å². The van der Waals surface area contributed by atoms with E-state index in [9.17, 15) is 9.46 Å². The molecule has 0 radical (unpaired) electrons. The number of unbranched alkanes of at least 4 members (excludes halogenated alkanes) is 8. The molecule has 0 aliphatic carbocycles. The van der Waals surface area contributed by atoms with Gasteiger partial charge in [0.15, 0.2) is 11.5 Å². The largest absolute Gasteiger partial charge is 0.382 e. The van der Waals surface area contributed by atoms with E-state index < -0.39 is 15.7 Å². The third kappa shape index (κ3) is 15.9. The van der Waals surface area contributed by atoms with E-state index in [2.05, 4.69) is 53.4 Å². The van der Waals surface area contributed by atoms with Crippen molar-refractivity contribution in [2.24, 2.45) is 5.92 Å². The van der Waals surface area contributed by atoms with E-state index in [0.717, 1.165) is 30.3 Å². The first kappa shape index (κ1) is 36.8. The van der Waals surface area contributed by atoms with E-state index in [0.29, 0.717) is 23.5 Å². The van der Waals surface area contributed by atoms with Gasteiger partial charge in [0, 0.05) is 6.42 Å². The van der Waals surface area contributed by atoms with Gasteiger partial charge in [-0.3, -0.25) is 4.57 Å². The van der Waals surface area contributed by atoms with Crippen LogP contribution in [0.2, 0.25) is 19.1 Å². The molecule has 0 aromatic carbocycles. The van der Waals surface area contributed by atoms with Crippen molar-refractivity contribution in [3.05, 3.63) is 12.7 Å². The number of fused-ring (bicyclic) bond motifs is 1. The molecule has 3 N–H and O–H groups in total. The number of nitrogens with two attached hydrogens (primary N) is 1. The summed E-state index contributed by atoms with van der Waals surface area (Å²) in [6.45, 7) is 11.9. The molecular formula is C30H54N5O4PSSi. The third-order valence-electron chi connectivity index (χ3n) is 6.82. The first-order valence-corrected chi connectivity index (χ1v) is 21.7. The van der Waals surface area contributed by atoms with Gasteiger partial charge >= 0.3 is 7.60 Å². The van der Waals surface area contributed by atoms with Crippen molar-refractivity contribution < 1.29 is 18.7 Å². The highest BCUT2D eigenvalue weighted by atomic mass is 32.2. The summed E-state index contributed by atoms with van der Waals surface area (Å²) in [5.74, 6) is 6.60. The number of thioether (sulfide) groups is 1. The Hall–Kier alpha value is -1.41. The summed E-state index contributed by atoms with van der Waals surface area (Å²) >= 11 is 1.89. The fourth-order valence-electron chi connectivity index (χ4n) is 4.94. The quantitative estimate of drug-likeness (QED) is 0.0582. The lowest BCUT2D eigenvalue weighted by Gasteiger charge is -2.17. The number of aromatic nitrogens is 4. The lowest BCUT2D eigenvalue weighted by molar-refractivity contribution is 0.0718. The average Bonchev–Trinajstić information content (AvgIpc) is 3.32. The van der Waals surface area contributed by atoms with Crippen LogP contribution in [0.25, 0.3) is 11.2 Å². The van der Waals surface area contributed by atoms with Crippen LogP contribution in [0, 0.1) is 17.4 Å². The van der Waals surface area contributed by atoms with Gasteiger partial charge in [-0.25, -0.2) is 15.0 Å². The van der Waals surface area contributed by atoms with Crippen molar-refractivity contribution in [2.45, 2.75) is 117 Å². The van der Waals surface area contributed by atoms with Crippen molar-refractivity contribution in [1.29, 1.82) is 0 Å². The Kier molecular flexibility index (Phi) is 17.3. The van der Waals surface area contributed by atoms with Gasteiger partial charge in [-0.05, 0) is 49.7 Å². The average molecular weight is 640 g/mol. The summed E-state index contributed by atoms with van der Waals surface area (Å²) < 4.78 is 25.0. The maximum atomic E-state index is 12.3. The van der Waals surface area contributed by atoms with Gasteiger partial charge in [-0.15, -0.1) is 11.5 Å². The molecule has 2 atom stereocenters.